The lowest BCUT2D eigenvalue weighted by molar-refractivity contribution is 0.0932. The van der Waals surface area contributed by atoms with Crippen LogP contribution in [0.4, 0.5) is 5.69 Å². The standard InChI is InChI=1S/C17H28N2O/c1-4-7-9-16(8-5-2)19-17(20)14-10-12-15(13-11-14)18-6-3/h10-13,16,18H,4-9H2,1-3H3,(H,19,20). The number of hydrogen-bond donors (Lipinski definition) is 2. The third-order valence-corrected chi connectivity index (χ3v) is 3.41. The summed E-state index contributed by atoms with van der Waals surface area (Å²) >= 11 is 0. The summed E-state index contributed by atoms with van der Waals surface area (Å²) in [5.41, 5.74) is 1.80. The molecule has 0 aliphatic rings. The molecule has 1 atom stereocenters. The smallest absolute Gasteiger partial charge is 0.251 e. The van der Waals surface area contributed by atoms with Gasteiger partial charge in [0.15, 0.2) is 0 Å². The lowest BCUT2D eigenvalue weighted by atomic mass is 10.0. The topological polar surface area (TPSA) is 41.1 Å². The molecule has 0 aromatic heterocycles. The van der Waals surface area contributed by atoms with Gasteiger partial charge in [0.25, 0.3) is 5.91 Å². The van der Waals surface area contributed by atoms with E-state index in [9.17, 15) is 4.79 Å². The molecule has 0 saturated carbocycles. The monoisotopic (exact) mass is 276 g/mol. The zero-order valence-electron chi connectivity index (χ0n) is 13.0. The van der Waals surface area contributed by atoms with Gasteiger partial charge in [-0.3, -0.25) is 4.79 Å². The number of anilines is 1. The molecule has 2 N–H and O–H groups in total. The van der Waals surface area contributed by atoms with E-state index in [1.165, 1.54) is 12.8 Å². The lowest BCUT2D eigenvalue weighted by Gasteiger charge is -2.18. The van der Waals surface area contributed by atoms with Crippen molar-refractivity contribution < 1.29 is 4.79 Å². The van der Waals surface area contributed by atoms with Gasteiger partial charge in [-0.15, -0.1) is 0 Å². The zero-order valence-corrected chi connectivity index (χ0v) is 13.0. The first-order valence-corrected chi connectivity index (χ1v) is 7.86. The molecule has 1 aromatic rings. The van der Waals surface area contributed by atoms with E-state index in [1.54, 1.807) is 0 Å². The molecule has 112 valence electrons. The Morgan fingerprint density at radius 1 is 1.05 bits per heavy atom. The van der Waals surface area contributed by atoms with Crippen molar-refractivity contribution in [1.82, 2.24) is 5.32 Å². The number of hydrogen-bond acceptors (Lipinski definition) is 2. The molecular formula is C17H28N2O. The number of rotatable bonds is 9. The molecular weight excluding hydrogens is 248 g/mol. The normalized spacial score (nSPS) is 11.9. The van der Waals surface area contributed by atoms with Crippen LogP contribution in [0.3, 0.4) is 0 Å². The maximum absolute atomic E-state index is 12.2. The Balaban J connectivity index is 2.58. The Hall–Kier alpha value is -1.51. The highest BCUT2D eigenvalue weighted by molar-refractivity contribution is 5.94. The molecule has 1 amide bonds. The summed E-state index contributed by atoms with van der Waals surface area (Å²) < 4.78 is 0. The van der Waals surface area contributed by atoms with Crippen LogP contribution in [-0.4, -0.2) is 18.5 Å². The Bertz CT molecular complexity index is 386. The van der Waals surface area contributed by atoms with Crippen molar-refractivity contribution in [3.8, 4) is 0 Å². The summed E-state index contributed by atoms with van der Waals surface area (Å²) in [5, 5.41) is 6.39. The van der Waals surface area contributed by atoms with Crippen LogP contribution in [0.15, 0.2) is 24.3 Å². The van der Waals surface area contributed by atoms with Gasteiger partial charge in [0.2, 0.25) is 0 Å². The van der Waals surface area contributed by atoms with Crippen molar-refractivity contribution in [3.05, 3.63) is 29.8 Å². The lowest BCUT2D eigenvalue weighted by Crippen LogP contribution is -2.34. The van der Waals surface area contributed by atoms with Crippen LogP contribution in [0.25, 0.3) is 0 Å². The minimum atomic E-state index is 0.0441. The van der Waals surface area contributed by atoms with Crippen molar-refractivity contribution in [1.29, 1.82) is 0 Å². The third kappa shape index (κ3) is 5.64. The zero-order chi connectivity index (χ0) is 14.8. The maximum atomic E-state index is 12.2. The van der Waals surface area contributed by atoms with E-state index >= 15 is 0 Å². The highest BCUT2D eigenvalue weighted by Crippen LogP contribution is 2.11. The van der Waals surface area contributed by atoms with Crippen LogP contribution in [0, 0.1) is 0 Å². The van der Waals surface area contributed by atoms with Gasteiger partial charge in [0, 0.05) is 23.8 Å². The van der Waals surface area contributed by atoms with Gasteiger partial charge < -0.3 is 10.6 Å². The molecule has 0 spiro atoms. The molecule has 0 radical (unpaired) electrons. The van der Waals surface area contributed by atoms with Gasteiger partial charge in [-0.05, 0) is 44.0 Å². The van der Waals surface area contributed by atoms with Crippen molar-refractivity contribution in [2.45, 2.75) is 58.9 Å². The predicted octanol–water partition coefficient (Wildman–Crippen LogP) is 4.21. The Morgan fingerprint density at radius 2 is 1.75 bits per heavy atom. The van der Waals surface area contributed by atoms with Crippen molar-refractivity contribution in [2.75, 3.05) is 11.9 Å². The van der Waals surface area contributed by atoms with Gasteiger partial charge in [0.05, 0.1) is 0 Å². The van der Waals surface area contributed by atoms with Gasteiger partial charge >= 0.3 is 0 Å². The second-order valence-electron chi connectivity index (χ2n) is 5.21. The summed E-state index contributed by atoms with van der Waals surface area (Å²) in [5.74, 6) is 0.0441. The second-order valence-corrected chi connectivity index (χ2v) is 5.21. The fourth-order valence-electron chi connectivity index (χ4n) is 2.30. The summed E-state index contributed by atoms with van der Waals surface area (Å²) in [6.07, 6.45) is 5.58. The largest absolute Gasteiger partial charge is 0.385 e. The number of nitrogens with one attached hydrogen (secondary N) is 2. The van der Waals surface area contributed by atoms with E-state index in [-0.39, 0.29) is 5.91 Å². The first-order valence-electron chi connectivity index (χ1n) is 7.86. The highest BCUT2D eigenvalue weighted by Gasteiger charge is 2.12. The summed E-state index contributed by atoms with van der Waals surface area (Å²) in [4.78, 5) is 12.2. The van der Waals surface area contributed by atoms with Crippen LogP contribution in [0.1, 0.15) is 63.2 Å². The molecule has 20 heavy (non-hydrogen) atoms. The minimum Gasteiger partial charge on any atom is -0.385 e. The minimum absolute atomic E-state index is 0.0441. The molecule has 1 rings (SSSR count). The third-order valence-electron chi connectivity index (χ3n) is 3.41. The molecule has 1 aromatic carbocycles. The molecule has 0 heterocycles. The molecule has 1 unspecified atom stereocenters. The van der Waals surface area contributed by atoms with E-state index in [1.807, 2.05) is 24.3 Å². The average molecular weight is 276 g/mol. The number of unbranched alkanes of at least 4 members (excludes halogenated alkanes) is 1. The molecule has 0 fully saturated rings. The molecule has 0 aliphatic carbocycles. The van der Waals surface area contributed by atoms with E-state index in [2.05, 4.69) is 31.4 Å². The fourth-order valence-corrected chi connectivity index (χ4v) is 2.30. The van der Waals surface area contributed by atoms with E-state index in [0.717, 1.165) is 37.1 Å². The fraction of sp³-hybridized carbons (Fsp3) is 0.588. The van der Waals surface area contributed by atoms with Crippen LogP contribution >= 0.6 is 0 Å². The highest BCUT2D eigenvalue weighted by atomic mass is 16.1. The average Bonchev–Trinajstić information content (AvgIpc) is 2.46. The van der Waals surface area contributed by atoms with Crippen LogP contribution < -0.4 is 10.6 Å². The Morgan fingerprint density at radius 3 is 2.30 bits per heavy atom. The van der Waals surface area contributed by atoms with Crippen molar-refractivity contribution >= 4 is 11.6 Å². The molecule has 0 aliphatic heterocycles. The van der Waals surface area contributed by atoms with Crippen LogP contribution in [0.2, 0.25) is 0 Å². The maximum Gasteiger partial charge on any atom is 0.251 e. The molecule has 3 nitrogen and oxygen atoms in total. The summed E-state index contributed by atoms with van der Waals surface area (Å²) in [7, 11) is 0. The summed E-state index contributed by atoms with van der Waals surface area (Å²) in [6, 6.07) is 7.99. The Labute approximate surface area is 123 Å². The number of carbonyl (C=O) groups is 1. The van der Waals surface area contributed by atoms with Gasteiger partial charge in [-0.1, -0.05) is 33.1 Å². The number of benzene rings is 1. The van der Waals surface area contributed by atoms with Crippen molar-refractivity contribution in [2.24, 2.45) is 0 Å². The SMILES string of the molecule is CCCCC(CCC)NC(=O)c1ccc(NCC)cc1. The first-order chi connectivity index (χ1) is 9.71. The van der Waals surface area contributed by atoms with E-state index in [0.29, 0.717) is 6.04 Å². The van der Waals surface area contributed by atoms with Gasteiger partial charge in [0.1, 0.15) is 0 Å². The number of carbonyl (C=O) groups excluding carboxylic acids is 1. The van der Waals surface area contributed by atoms with Gasteiger partial charge in [-0.25, -0.2) is 0 Å². The van der Waals surface area contributed by atoms with Gasteiger partial charge in [-0.2, -0.15) is 0 Å². The first kappa shape index (κ1) is 16.5. The quantitative estimate of drug-likeness (QED) is 0.709. The van der Waals surface area contributed by atoms with Crippen LogP contribution in [-0.2, 0) is 0 Å². The molecule has 0 bridgehead atoms. The molecule has 3 heteroatoms. The predicted molar refractivity (Wildman–Crippen MR) is 86.3 cm³/mol. The second kappa shape index (κ2) is 9.40. The molecule has 0 saturated heterocycles. The summed E-state index contributed by atoms with van der Waals surface area (Å²) in [6.45, 7) is 7.30. The van der Waals surface area contributed by atoms with E-state index in [4.69, 9.17) is 0 Å². The number of amides is 1. The Kier molecular flexibility index (Phi) is 7.78. The van der Waals surface area contributed by atoms with E-state index < -0.39 is 0 Å². The van der Waals surface area contributed by atoms with Crippen molar-refractivity contribution in [3.63, 3.8) is 0 Å². The van der Waals surface area contributed by atoms with Crippen LogP contribution in [0.5, 0.6) is 0 Å².